The Kier molecular flexibility index (Phi) is 9.90. The van der Waals surface area contributed by atoms with Gasteiger partial charge in [0.1, 0.15) is 0 Å². The van der Waals surface area contributed by atoms with Crippen molar-refractivity contribution in [1.29, 1.82) is 0 Å². The van der Waals surface area contributed by atoms with Crippen molar-refractivity contribution in [2.45, 2.75) is 109 Å². The Bertz CT molecular complexity index is 2620. The lowest BCUT2D eigenvalue weighted by Gasteiger charge is -2.31. The first-order valence-corrected chi connectivity index (χ1v) is 22.4. The van der Waals surface area contributed by atoms with Crippen molar-refractivity contribution in [1.82, 2.24) is 0 Å². The first kappa shape index (κ1) is 39.0. The monoisotopic (exact) mass is 774 g/mol. The summed E-state index contributed by atoms with van der Waals surface area (Å²) in [6.07, 6.45) is 9.29. The van der Waals surface area contributed by atoms with Crippen LogP contribution in [0.3, 0.4) is 0 Å². The van der Waals surface area contributed by atoms with Gasteiger partial charge in [0.05, 0.1) is 6.61 Å². The molecule has 0 aromatic heterocycles. The molecule has 2 nitrogen and oxygen atoms in total. The lowest BCUT2D eigenvalue weighted by Crippen LogP contribution is -2.23. The summed E-state index contributed by atoms with van der Waals surface area (Å²) in [7, 11) is 0. The normalized spacial score (nSPS) is 15.4. The van der Waals surface area contributed by atoms with E-state index in [9.17, 15) is 4.79 Å². The van der Waals surface area contributed by atoms with Gasteiger partial charge in [0.25, 0.3) is 0 Å². The van der Waals surface area contributed by atoms with E-state index < -0.39 is 0 Å². The molecule has 0 atom stereocenters. The molecule has 0 saturated heterocycles. The first-order valence-electron chi connectivity index (χ1n) is 22.4. The number of benzene rings is 6. The van der Waals surface area contributed by atoms with Gasteiger partial charge in [-0.3, -0.25) is 0 Å². The molecule has 0 spiro atoms. The van der Waals surface area contributed by atoms with Crippen LogP contribution in [0.5, 0.6) is 0 Å². The van der Waals surface area contributed by atoms with Gasteiger partial charge >= 0.3 is 5.97 Å². The molecule has 0 unspecified atom stereocenters. The Morgan fingerprint density at radius 3 is 1.24 bits per heavy atom. The van der Waals surface area contributed by atoms with E-state index in [-0.39, 0.29) is 22.2 Å². The zero-order valence-corrected chi connectivity index (χ0v) is 35.9. The van der Waals surface area contributed by atoms with E-state index in [1.54, 1.807) is 0 Å². The molecule has 0 radical (unpaired) electrons. The van der Waals surface area contributed by atoms with Crippen LogP contribution >= 0.6 is 0 Å². The van der Waals surface area contributed by atoms with Crippen molar-refractivity contribution in [2.24, 2.45) is 0 Å². The van der Waals surface area contributed by atoms with Gasteiger partial charge in [0.15, 0.2) is 0 Å². The van der Waals surface area contributed by atoms with Crippen LogP contribution in [0.1, 0.15) is 125 Å². The van der Waals surface area contributed by atoms with E-state index in [1.165, 1.54) is 101 Å². The van der Waals surface area contributed by atoms with Crippen LogP contribution in [0.2, 0.25) is 0 Å². The van der Waals surface area contributed by atoms with Gasteiger partial charge in [0, 0.05) is 22.3 Å². The van der Waals surface area contributed by atoms with Gasteiger partial charge in [-0.25, -0.2) is 4.79 Å². The summed E-state index contributed by atoms with van der Waals surface area (Å²) >= 11 is 0. The van der Waals surface area contributed by atoms with E-state index in [4.69, 9.17) is 4.74 Å². The highest BCUT2D eigenvalue weighted by atomic mass is 16.5. The Morgan fingerprint density at radius 1 is 0.475 bits per heavy atom. The topological polar surface area (TPSA) is 26.3 Å². The SMILES string of the molecule is C=CC(=O)OCCCc1ccc2c(c1)C(CC)(CC)c1cc(-c3ccc4c(c3)C(CC)(CC)c3cc(-c5ccc6c(c5)C(CC)(CC)c5ccccc5-6)ccc3-4)ccc1-2. The Labute approximate surface area is 352 Å². The summed E-state index contributed by atoms with van der Waals surface area (Å²) in [5, 5.41) is 0. The average molecular weight is 775 g/mol. The minimum Gasteiger partial charge on any atom is -0.463 e. The van der Waals surface area contributed by atoms with Crippen molar-refractivity contribution >= 4 is 5.97 Å². The molecule has 6 aromatic carbocycles. The number of hydrogen-bond acceptors (Lipinski definition) is 2. The highest BCUT2D eigenvalue weighted by molar-refractivity contribution is 5.89. The van der Waals surface area contributed by atoms with Gasteiger partial charge in [0.2, 0.25) is 0 Å². The largest absolute Gasteiger partial charge is 0.463 e. The van der Waals surface area contributed by atoms with E-state index in [0.717, 1.165) is 51.4 Å². The van der Waals surface area contributed by atoms with E-state index in [1.807, 2.05) is 0 Å². The molecule has 2 heteroatoms. The molecule has 298 valence electrons. The molecule has 6 aromatic rings. The number of fused-ring (bicyclic) bond motifs is 9. The predicted octanol–water partition coefficient (Wildman–Crippen LogP) is 14.9. The summed E-state index contributed by atoms with van der Waals surface area (Å²) in [5.41, 5.74) is 23.6. The Balaban J connectivity index is 1.06. The predicted molar refractivity (Wildman–Crippen MR) is 247 cm³/mol. The highest BCUT2D eigenvalue weighted by Gasteiger charge is 2.44. The third kappa shape index (κ3) is 5.69. The molecule has 0 N–H and O–H groups in total. The van der Waals surface area contributed by atoms with Crippen LogP contribution in [0, 0.1) is 0 Å². The highest BCUT2D eigenvalue weighted by Crippen LogP contribution is 2.57. The molecule has 0 aliphatic heterocycles. The van der Waals surface area contributed by atoms with Crippen LogP contribution in [0.15, 0.2) is 128 Å². The van der Waals surface area contributed by atoms with Gasteiger partial charge < -0.3 is 4.74 Å². The van der Waals surface area contributed by atoms with Crippen LogP contribution in [0.25, 0.3) is 55.6 Å². The maximum Gasteiger partial charge on any atom is 0.330 e. The number of carbonyl (C=O) groups is 1. The number of esters is 1. The molecule has 0 saturated carbocycles. The third-order valence-corrected chi connectivity index (χ3v) is 15.4. The minimum absolute atomic E-state index is 0.0415. The fourth-order valence-electron chi connectivity index (χ4n) is 11.9. The van der Waals surface area contributed by atoms with Gasteiger partial charge in [-0.15, -0.1) is 0 Å². The van der Waals surface area contributed by atoms with Crippen molar-refractivity contribution in [3.05, 3.63) is 167 Å². The average Bonchev–Trinajstić information content (AvgIpc) is 3.85. The fourth-order valence-corrected chi connectivity index (χ4v) is 11.9. The van der Waals surface area contributed by atoms with Crippen LogP contribution in [0.4, 0.5) is 0 Å². The molecule has 0 heterocycles. The summed E-state index contributed by atoms with van der Waals surface area (Å²) in [6, 6.07) is 45.3. The lowest BCUT2D eigenvalue weighted by molar-refractivity contribution is -0.137. The molecule has 0 amide bonds. The van der Waals surface area contributed by atoms with Crippen molar-refractivity contribution in [2.75, 3.05) is 6.61 Å². The number of aryl methyl sites for hydroxylation is 1. The van der Waals surface area contributed by atoms with Crippen molar-refractivity contribution in [3.63, 3.8) is 0 Å². The van der Waals surface area contributed by atoms with E-state index >= 15 is 0 Å². The van der Waals surface area contributed by atoms with Crippen LogP contribution < -0.4 is 0 Å². The standard InChI is InChI=1S/C57H58O2/c1-8-54(58)59-31-17-18-37-21-26-43-45-28-23-39(34-51(45)56(11-4,12-5)49(43)32-37)41-25-30-47-46-29-24-40(35-52(46)57(13-6,14-7)53(47)36-41)38-22-27-44-42-19-15-16-20-48(42)55(9-2,10-3)50(44)33-38/h8,15-16,19-30,32-36H,1,9-14,17-18,31H2,2-7H3. The third-order valence-electron chi connectivity index (χ3n) is 15.4. The summed E-state index contributed by atoms with van der Waals surface area (Å²) < 4.78 is 5.27. The molecule has 59 heavy (non-hydrogen) atoms. The molecule has 3 aliphatic carbocycles. The van der Waals surface area contributed by atoms with Gasteiger partial charge in [-0.1, -0.05) is 139 Å². The second kappa shape index (κ2) is 15.0. The summed E-state index contributed by atoms with van der Waals surface area (Å²) in [6.45, 7) is 18.1. The fraction of sp³-hybridized carbons (Fsp3) is 0.316. The maximum absolute atomic E-state index is 11.6. The molecule has 0 fully saturated rings. The molecular formula is C57H58O2. The number of ether oxygens (including phenoxy) is 1. The Morgan fingerprint density at radius 2 is 0.831 bits per heavy atom. The molecule has 3 aliphatic rings. The van der Waals surface area contributed by atoms with Crippen LogP contribution in [-0.4, -0.2) is 12.6 Å². The van der Waals surface area contributed by atoms with E-state index in [2.05, 4.69) is 163 Å². The van der Waals surface area contributed by atoms with Gasteiger partial charge in [-0.2, -0.15) is 0 Å². The second-order valence-electron chi connectivity index (χ2n) is 17.3. The van der Waals surface area contributed by atoms with Crippen molar-refractivity contribution < 1.29 is 9.53 Å². The zero-order chi connectivity index (χ0) is 41.1. The Hall–Kier alpha value is -5.47. The first-order chi connectivity index (χ1) is 28.8. The van der Waals surface area contributed by atoms with Crippen molar-refractivity contribution in [3.8, 4) is 55.6 Å². The van der Waals surface area contributed by atoms with Gasteiger partial charge in [-0.05, 0) is 170 Å². The molecule has 9 rings (SSSR count). The quantitative estimate of drug-likeness (QED) is 0.0664. The smallest absolute Gasteiger partial charge is 0.330 e. The number of hydrogen-bond donors (Lipinski definition) is 0. The second-order valence-corrected chi connectivity index (χ2v) is 17.3. The van der Waals surface area contributed by atoms with E-state index in [0.29, 0.717) is 6.61 Å². The minimum atomic E-state index is -0.356. The molecular weight excluding hydrogens is 717 g/mol. The summed E-state index contributed by atoms with van der Waals surface area (Å²) in [5.74, 6) is -0.356. The lowest BCUT2D eigenvalue weighted by atomic mass is 9.72. The maximum atomic E-state index is 11.6. The number of carbonyl (C=O) groups excluding carboxylic acids is 1. The number of rotatable bonds is 13. The molecule has 0 bridgehead atoms. The summed E-state index contributed by atoms with van der Waals surface area (Å²) in [4.78, 5) is 11.6. The zero-order valence-electron chi connectivity index (χ0n) is 35.9. The van der Waals surface area contributed by atoms with Crippen LogP contribution in [-0.2, 0) is 32.2 Å².